The van der Waals surface area contributed by atoms with E-state index < -0.39 is 143 Å². The molecule has 6 rings (SSSR count). The Morgan fingerprint density at radius 2 is 0.764 bits per heavy atom. The number of carboxylic acid groups (broad SMARTS) is 3. The smallest absolute Gasteiger partial charge is 0.335 e. The van der Waals surface area contributed by atoms with Crippen molar-refractivity contribution in [1.29, 1.82) is 0 Å². The van der Waals surface area contributed by atoms with Crippen LogP contribution in [0.15, 0.2) is 36.5 Å². The molecule has 6 saturated carbocycles. The van der Waals surface area contributed by atoms with Crippen molar-refractivity contribution in [2.45, 2.75) is 175 Å². The molecule has 0 heterocycles. The molecule has 0 bridgehead atoms. The van der Waals surface area contributed by atoms with Crippen LogP contribution in [-0.2, 0) is 85.8 Å². The van der Waals surface area contributed by atoms with Crippen LogP contribution < -0.4 is 0 Å². The van der Waals surface area contributed by atoms with Crippen LogP contribution in [0.4, 0.5) is 0 Å². The predicted molar refractivity (Wildman–Crippen MR) is 320 cm³/mol. The van der Waals surface area contributed by atoms with E-state index in [0.29, 0.717) is 70.6 Å². The lowest BCUT2D eigenvalue weighted by Gasteiger charge is -2.58. The Balaban J connectivity index is 1.17. The fourth-order valence-electron chi connectivity index (χ4n) is 18.0. The van der Waals surface area contributed by atoms with Crippen LogP contribution in [0, 0.1) is 85.8 Å². The molecule has 3 unspecified atom stereocenters. The Kier molecular flexibility index (Phi) is 24.2. The van der Waals surface area contributed by atoms with Gasteiger partial charge in [0.05, 0.1) is 80.7 Å². The minimum atomic E-state index is -1.73. The molecule has 4 N–H and O–H groups in total. The summed E-state index contributed by atoms with van der Waals surface area (Å²) in [7, 11) is 4.44. The van der Waals surface area contributed by atoms with Crippen molar-refractivity contribution >= 4 is 53.7 Å². The van der Waals surface area contributed by atoms with E-state index >= 15 is 0 Å². The van der Waals surface area contributed by atoms with Gasteiger partial charge in [0.25, 0.3) is 0 Å². The summed E-state index contributed by atoms with van der Waals surface area (Å²) in [6, 6.07) is 0. The van der Waals surface area contributed by atoms with Gasteiger partial charge in [0.1, 0.15) is 17.8 Å². The maximum absolute atomic E-state index is 14.5. The van der Waals surface area contributed by atoms with Crippen LogP contribution >= 0.6 is 0 Å². The highest BCUT2D eigenvalue weighted by Crippen LogP contribution is 2.64. The van der Waals surface area contributed by atoms with Crippen molar-refractivity contribution in [3.8, 4) is 0 Å². The number of hydrogen-bond acceptors (Lipinski definition) is 19. The van der Waals surface area contributed by atoms with Crippen LogP contribution in [0.3, 0.4) is 0 Å². The van der Waals surface area contributed by atoms with E-state index in [1.54, 1.807) is 0 Å². The summed E-state index contributed by atoms with van der Waals surface area (Å²) in [6.07, 6.45) is 2.97. The number of carboxylic acids is 3. The second-order valence-corrected chi connectivity index (χ2v) is 28.3. The van der Waals surface area contributed by atoms with Gasteiger partial charge in [-0.2, -0.15) is 0 Å². The van der Waals surface area contributed by atoms with E-state index in [1.807, 2.05) is 13.8 Å². The van der Waals surface area contributed by atoms with Gasteiger partial charge >= 0.3 is 53.7 Å². The summed E-state index contributed by atoms with van der Waals surface area (Å²) in [4.78, 5) is 119. The van der Waals surface area contributed by atoms with Crippen molar-refractivity contribution in [3.05, 3.63) is 36.5 Å². The summed E-state index contributed by atoms with van der Waals surface area (Å²) >= 11 is 0. The molecule has 500 valence electrons. The Morgan fingerprint density at radius 1 is 0.449 bits per heavy atom. The minimum absolute atomic E-state index is 0.0227. The molecule has 6 fully saturated rings. The second-order valence-electron chi connectivity index (χ2n) is 28.3. The molecule has 0 aromatic heterocycles. The molecular formula is C67H100O22. The number of hydrogen-bond donors (Lipinski definition) is 4. The quantitative estimate of drug-likeness (QED) is 0.0310. The van der Waals surface area contributed by atoms with Gasteiger partial charge in [-0.05, 0) is 116 Å². The number of methoxy groups -OCH3 is 4. The molecule has 6 aliphatic carbocycles. The van der Waals surface area contributed by atoms with Gasteiger partial charge in [0.2, 0.25) is 0 Å². The summed E-state index contributed by atoms with van der Waals surface area (Å²) in [5.41, 5.74) is -0.738. The number of carbonyl (C=O) groups excluding carboxylic acids is 6. The van der Waals surface area contributed by atoms with Crippen molar-refractivity contribution in [2.75, 3.05) is 68.1 Å². The molecule has 22 nitrogen and oxygen atoms in total. The van der Waals surface area contributed by atoms with Gasteiger partial charge in [0, 0.05) is 35.2 Å². The standard InChI is InChI=1S/C67H100O22/c1-38-17-20-47-62(4,35-68)23-14-26-65(47,7)44(38)33-86-54(60(79)83-12)42(29-50(69)70)57(76)89-37-64(6)25-16-28-67(9)46(40(3)19-22-49(64)67)34-87-55(61(80)84-13)43(30-51(71)72)58(77)88-36-63(5)24-15-27-66(8)45(39(2)18-21-48(63)66)32-85-53(59(78)82-11)41(56(74)75)31-52(73)81-10/h41-49,53-55,68H,1-3,14-37H2,4-13H3,(H,69,70)(H,71,72)(H,74,75)/t41?,42?,43?,44-,45-,46-,47-,48-,49-,53+,54+,55+,62-,63-,64-,65+,66+,67+/m0/s1. The molecule has 0 spiro atoms. The van der Waals surface area contributed by atoms with E-state index in [-0.39, 0.29) is 74.1 Å². The Hall–Kier alpha value is -5.71. The lowest BCUT2D eigenvalue weighted by atomic mass is 9.47. The molecule has 6 aliphatic rings. The van der Waals surface area contributed by atoms with Gasteiger partial charge in [-0.3, -0.25) is 28.8 Å². The van der Waals surface area contributed by atoms with Gasteiger partial charge in [0.15, 0.2) is 18.3 Å². The maximum atomic E-state index is 14.5. The van der Waals surface area contributed by atoms with Crippen molar-refractivity contribution in [2.24, 2.45) is 85.8 Å². The number of aliphatic hydroxyl groups is 1. The molecule has 0 aliphatic heterocycles. The first-order chi connectivity index (χ1) is 41.8. The van der Waals surface area contributed by atoms with Crippen molar-refractivity contribution in [3.63, 3.8) is 0 Å². The Bertz CT molecular complexity index is 2670. The molecule has 0 aromatic rings. The first kappa shape index (κ1) is 72.4. The van der Waals surface area contributed by atoms with E-state index in [1.165, 1.54) is 0 Å². The van der Waals surface area contributed by atoms with Crippen molar-refractivity contribution in [1.82, 2.24) is 0 Å². The average Bonchev–Trinajstić information content (AvgIpc) is 0.771. The first-order valence-corrected chi connectivity index (χ1v) is 31.6. The lowest BCUT2D eigenvalue weighted by Crippen LogP contribution is -2.54. The summed E-state index contributed by atoms with van der Waals surface area (Å²) < 4.78 is 51.2. The zero-order valence-corrected chi connectivity index (χ0v) is 54.2. The molecule has 0 amide bonds. The average molecular weight is 1260 g/mol. The largest absolute Gasteiger partial charge is 0.481 e. The normalized spacial score (nSPS) is 33.8. The van der Waals surface area contributed by atoms with E-state index in [4.69, 9.17) is 42.6 Å². The number of carbonyl (C=O) groups is 9. The van der Waals surface area contributed by atoms with Crippen LogP contribution in [0.1, 0.15) is 157 Å². The number of aliphatic hydroxyl groups excluding tert-OH is 1. The van der Waals surface area contributed by atoms with Gasteiger partial charge < -0.3 is 63.1 Å². The van der Waals surface area contributed by atoms with Crippen LogP contribution in [0.2, 0.25) is 0 Å². The third-order valence-electron chi connectivity index (χ3n) is 22.9. The van der Waals surface area contributed by atoms with Crippen molar-refractivity contribution < 1.29 is 106 Å². The zero-order valence-electron chi connectivity index (χ0n) is 54.2. The number of aliphatic carboxylic acids is 3. The van der Waals surface area contributed by atoms with Crippen LogP contribution in [-0.4, -0.2) is 161 Å². The SMILES string of the molecule is C=C1CC[C@H]2[C@](C)(COC(=O)C(CC(=O)O)[C@@H](OC[C@H]3C(=C)CC[C@H]4[C@](C)(COC(=O)C(CC(=O)O)[C@@H](OC[C@H]5C(=C)CC[C@H]6[C@](C)(CO)CCC[C@]56C)C(=O)OC)CCC[C@]34C)C(=O)OC)CCC[C@]2(C)[C@H]1CO[C@@H](C(=O)OC)C(CC(=O)OC)C(=O)O. The molecule has 18 atom stereocenters. The molecule has 0 aromatic carbocycles. The summed E-state index contributed by atoms with van der Waals surface area (Å²) in [5.74, 6) is -16.0. The number of rotatable bonds is 29. The molecule has 0 saturated heterocycles. The second kappa shape index (κ2) is 29.7. The predicted octanol–water partition coefficient (Wildman–Crippen LogP) is 8.52. The third-order valence-corrected chi connectivity index (χ3v) is 22.9. The molecule has 0 radical (unpaired) electrons. The molecular weight excluding hydrogens is 1160 g/mol. The van der Waals surface area contributed by atoms with Gasteiger partial charge in [-0.1, -0.05) is 97.3 Å². The Morgan fingerprint density at radius 3 is 1.06 bits per heavy atom. The summed E-state index contributed by atoms with van der Waals surface area (Å²) in [5, 5.41) is 41.1. The van der Waals surface area contributed by atoms with Crippen LogP contribution in [0.25, 0.3) is 0 Å². The highest BCUT2D eigenvalue weighted by atomic mass is 16.6. The lowest BCUT2D eigenvalue weighted by molar-refractivity contribution is -0.183. The third kappa shape index (κ3) is 15.5. The summed E-state index contributed by atoms with van der Waals surface area (Å²) in [6.45, 7) is 24.9. The zero-order chi connectivity index (χ0) is 66.2. The molecule has 22 heteroatoms. The van der Waals surface area contributed by atoms with E-state index in [0.717, 1.165) is 70.8 Å². The monoisotopic (exact) mass is 1260 g/mol. The number of esters is 6. The van der Waals surface area contributed by atoms with Gasteiger partial charge in [-0.15, -0.1) is 0 Å². The Labute approximate surface area is 523 Å². The highest BCUT2D eigenvalue weighted by Gasteiger charge is 2.59. The fraction of sp³-hybridized carbons (Fsp3) is 0.776. The number of fused-ring (bicyclic) bond motifs is 3. The van der Waals surface area contributed by atoms with Gasteiger partial charge in [-0.25, -0.2) is 14.4 Å². The first-order valence-electron chi connectivity index (χ1n) is 31.6. The fourth-order valence-corrected chi connectivity index (χ4v) is 18.0. The maximum Gasteiger partial charge on any atom is 0.335 e. The molecule has 89 heavy (non-hydrogen) atoms. The van der Waals surface area contributed by atoms with E-state index in [9.17, 15) is 63.6 Å². The van der Waals surface area contributed by atoms with Crippen LogP contribution in [0.5, 0.6) is 0 Å². The highest BCUT2D eigenvalue weighted by molar-refractivity contribution is 5.88. The minimum Gasteiger partial charge on any atom is -0.481 e. The number of ether oxygens (including phenoxy) is 9. The topological polar surface area (TPSA) is 318 Å². The van der Waals surface area contributed by atoms with E-state index in [2.05, 4.69) is 47.4 Å².